The van der Waals surface area contributed by atoms with Gasteiger partial charge in [0.25, 0.3) is 0 Å². The fourth-order valence-electron chi connectivity index (χ4n) is 2.05. The SMILES string of the molecule is CCc1[nH]c(C#N)c(-c2ccccc2)c1C. The molecule has 0 amide bonds. The van der Waals surface area contributed by atoms with Crippen LogP contribution >= 0.6 is 0 Å². The zero-order valence-corrected chi connectivity index (χ0v) is 9.54. The van der Waals surface area contributed by atoms with Crippen LogP contribution in [0.3, 0.4) is 0 Å². The molecular weight excluding hydrogens is 196 g/mol. The van der Waals surface area contributed by atoms with Gasteiger partial charge in [-0.3, -0.25) is 0 Å². The Morgan fingerprint density at radius 1 is 1.25 bits per heavy atom. The van der Waals surface area contributed by atoms with E-state index in [4.69, 9.17) is 5.26 Å². The van der Waals surface area contributed by atoms with Crippen LogP contribution in [0.15, 0.2) is 30.3 Å². The lowest BCUT2D eigenvalue weighted by atomic mass is 10.0. The number of H-pyrrole nitrogens is 1. The Bertz CT molecular complexity index is 530. The van der Waals surface area contributed by atoms with Crippen molar-refractivity contribution in [1.29, 1.82) is 5.26 Å². The zero-order chi connectivity index (χ0) is 11.5. The number of benzene rings is 1. The summed E-state index contributed by atoms with van der Waals surface area (Å²) in [6.07, 6.45) is 0.924. The van der Waals surface area contributed by atoms with Gasteiger partial charge in [-0.25, -0.2) is 0 Å². The molecule has 2 heteroatoms. The third kappa shape index (κ3) is 1.61. The molecular formula is C14H14N2. The van der Waals surface area contributed by atoms with Crippen molar-refractivity contribution in [3.05, 3.63) is 47.3 Å². The molecule has 0 atom stereocenters. The topological polar surface area (TPSA) is 39.6 Å². The van der Waals surface area contributed by atoms with E-state index < -0.39 is 0 Å². The van der Waals surface area contributed by atoms with E-state index in [0.29, 0.717) is 5.69 Å². The van der Waals surface area contributed by atoms with Crippen molar-refractivity contribution < 1.29 is 0 Å². The monoisotopic (exact) mass is 210 g/mol. The molecule has 0 saturated heterocycles. The summed E-state index contributed by atoms with van der Waals surface area (Å²) in [4.78, 5) is 3.19. The van der Waals surface area contributed by atoms with Gasteiger partial charge >= 0.3 is 0 Å². The van der Waals surface area contributed by atoms with Gasteiger partial charge in [-0.05, 0) is 24.5 Å². The van der Waals surface area contributed by atoms with E-state index in [1.165, 1.54) is 5.56 Å². The number of nitrogens with zero attached hydrogens (tertiary/aromatic N) is 1. The third-order valence-electron chi connectivity index (χ3n) is 2.88. The van der Waals surface area contributed by atoms with Crippen molar-refractivity contribution in [2.24, 2.45) is 0 Å². The number of aromatic nitrogens is 1. The Morgan fingerprint density at radius 2 is 1.94 bits per heavy atom. The van der Waals surface area contributed by atoms with Crippen LogP contribution in [0.2, 0.25) is 0 Å². The van der Waals surface area contributed by atoms with Crippen LogP contribution < -0.4 is 0 Å². The molecule has 80 valence electrons. The lowest BCUT2D eigenvalue weighted by Crippen LogP contribution is -1.83. The molecule has 0 aliphatic rings. The Morgan fingerprint density at radius 3 is 2.50 bits per heavy atom. The molecule has 0 fully saturated rings. The summed E-state index contributed by atoms with van der Waals surface area (Å²) >= 11 is 0. The van der Waals surface area contributed by atoms with Gasteiger partial charge in [-0.15, -0.1) is 0 Å². The van der Waals surface area contributed by atoms with Crippen molar-refractivity contribution in [2.45, 2.75) is 20.3 Å². The van der Waals surface area contributed by atoms with Crippen molar-refractivity contribution in [3.63, 3.8) is 0 Å². The van der Waals surface area contributed by atoms with Crippen LogP contribution in [-0.2, 0) is 6.42 Å². The average molecular weight is 210 g/mol. The standard InChI is InChI=1S/C14H14N2/c1-3-12-10(2)14(13(9-15)16-12)11-7-5-4-6-8-11/h4-8,16H,3H2,1-2H3. The van der Waals surface area contributed by atoms with Crippen molar-refractivity contribution in [3.8, 4) is 17.2 Å². The molecule has 2 nitrogen and oxygen atoms in total. The first-order valence-electron chi connectivity index (χ1n) is 5.44. The molecule has 1 N–H and O–H groups in total. The molecule has 2 aromatic rings. The lowest BCUT2D eigenvalue weighted by Gasteiger charge is -2.01. The molecule has 1 heterocycles. The largest absolute Gasteiger partial charge is 0.350 e. The van der Waals surface area contributed by atoms with Crippen LogP contribution in [0.5, 0.6) is 0 Å². The van der Waals surface area contributed by atoms with Gasteiger partial charge in [0.2, 0.25) is 0 Å². The number of aryl methyl sites for hydroxylation is 1. The molecule has 0 radical (unpaired) electrons. The number of rotatable bonds is 2. The van der Waals surface area contributed by atoms with Gasteiger partial charge in [-0.1, -0.05) is 37.3 Å². The van der Waals surface area contributed by atoms with Gasteiger partial charge in [0.05, 0.1) is 0 Å². The summed E-state index contributed by atoms with van der Waals surface area (Å²) in [6.45, 7) is 4.16. The fraction of sp³-hybridized carbons (Fsp3) is 0.214. The number of aromatic amines is 1. The summed E-state index contributed by atoms with van der Waals surface area (Å²) in [5.41, 5.74) is 5.15. The predicted octanol–water partition coefficient (Wildman–Crippen LogP) is 3.42. The maximum Gasteiger partial charge on any atom is 0.126 e. The number of hydrogen-bond acceptors (Lipinski definition) is 1. The van der Waals surface area contributed by atoms with Crippen molar-refractivity contribution >= 4 is 0 Å². The second-order valence-electron chi connectivity index (χ2n) is 3.81. The van der Waals surface area contributed by atoms with E-state index in [1.54, 1.807) is 0 Å². The minimum absolute atomic E-state index is 0.667. The quantitative estimate of drug-likeness (QED) is 0.810. The summed E-state index contributed by atoms with van der Waals surface area (Å²) in [7, 11) is 0. The van der Waals surface area contributed by atoms with Gasteiger partial charge < -0.3 is 4.98 Å². The van der Waals surface area contributed by atoms with Crippen molar-refractivity contribution in [1.82, 2.24) is 4.98 Å². The molecule has 0 unspecified atom stereocenters. The van der Waals surface area contributed by atoms with Crippen molar-refractivity contribution in [2.75, 3.05) is 0 Å². The third-order valence-corrected chi connectivity index (χ3v) is 2.88. The summed E-state index contributed by atoms with van der Waals surface area (Å²) in [5.74, 6) is 0. The highest BCUT2D eigenvalue weighted by atomic mass is 14.7. The molecule has 1 aromatic heterocycles. The Balaban J connectivity index is 2.65. The molecule has 16 heavy (non-hydrogen) atoms. The zero-order valence-electron chi connectivity index (χ0n) is 9.54. The minimum Gasteiger partial charge on any atom is -0.350 e. The normalized spacial score (nSPS) is 10.1. The predicted molar refractivity (Wildman–Crippen MR) is 65.1 cm³/mol. The molecule has 2 rings (SSSR count). The molecule has 0 spiro atoms. The van der Waals surface area contributed by atoms with Gasteiger partial charge in [-0.2, -0.15) is 5.26 Å². The summed E-state index contributed by atoms with van der Waals surface area (Å²) in [6, 6.07) is 12.3. The minimum atomic E-state index is 0.667. The fourth-order valence-corrected chi connectivity index (χ4v) is 2.05. The first-order chi connectivity index (χ1) is 7.77. The van der Waals surface area contributed by atoms with Gasteiger partial charge in [0.15, 0.2) is 0 Å². The molecule has 0 aliphatic heterocycles. The average Bonchev–Trinajstić information content (AvgIpc) is 2.66. The van der Waals surface area contributed by atoms with E-state index in [1.807, 2.05) is 30.3 Å². The van der Waals surface area contributed by atoms with E-state index in [0.717, 1.165) is 23.2 Å². The van der Waals surface area contributed by atoms with E-state index in [2.05, 4.69) is 24.9 Å². The molecule has 1 aromatic carbocycles. The second-order valence-corrected chi connectivity index (χ2v) is 3.81. The smallest absolute Gasteiger partial charge is 0.126 e. The van der Waals surface area contributed by atoms with Crippen LogP contribution in [-0.4, -0.2) is 4.98 Å². The van der Waals surface area contributed by atoms with Crippen LogP contribution in [0.1, 0.15) is 23.9 Å². The first kappa shape index (κ1) is 10.5. The summed E-state index contributed by atoms with van der Waals surface area (Å²) < 4.78 is 0. The Kier molecular flexibility index (Phi) is 2.78. The molecule has 0 aliphatic carbocycles. The van der Waals surface area contributed by atoms with E-state index >= 15 is 0 Å². The lowest BCUT2D eigenvalue weighted by molar-refractivity contribution is 1.04. The van der Waals surface area contributed by atoms with Gasteiger partial charge in [0.1, 0.15) is 11.8 Å². The Labute approximate surface area is 95.6 Å². The van der Waals surface area contributed by atoms with E-state index in [9.17, 15) is 0 Å². The maximum atomic E-state index is 9.13. The maximum absolute atomic E-state index is 9.13. The van der Waals surface area contributed by atoms with Crippen LogP contribution in [0.25, 0.3) is 11.1 Å². The molecule has 0 bridgehead atoms. The van der Waals surface area contributed by atoms with Crippen LogP contribution in [0.4, 0.5) is 0 Å². The summed E-state index contributed by atoms with van der Waals surface area (Å²) in [5, 5.41) is 9.13. The number of nitriles is 1. The Hall–Kier alpha value is -2.01. The first-order valence-corrected chi connectivity index (χ1v) is 5.44. The van der Waals surface area contributed by atoms with Gasteiger partial charge in [0, 0.05) is 11.3 Å². The second kappa shape index (κ2) is 4.24. The molecule has 0 saturated carbocycles. The highest BCUT2D eigenvalue weighted by Crippen LogP contribution is 2.29. The van der Waals surface area contributed by atoms with Crippen LogP contribution in [0, 0.1) is 18.3 Å². The number of nitrogens with one attached hydrogen (secondary N) is 1. The van der Waals surface area contributed by atoms with E-state index in [-0.39, 0.29) is 0 Å². The highest BCUT2D eigenvalue weighted by molar-refractivity contribution is 5.73. The highest BCUT2D eigenvalue weighted by Gasteiger charge is 2.13. The number of hydrogen-bond donors (Lipinski definition) is 1.